The normalized spacial score (nSPS) is 13.3. The highest BCUT2D eigenvalue weighted by atomic mass is 16.5. The smallest absolute Gasteiger partial charge is 0.204 e. The minimum absolute atomic E-state index is 0.0858. The molecule has 0 aliphatic carbocycles. The number of rotatable bonds is 3. The first-order chi connectivity index (χ1) is 9.33. The molecule has 1 aliphatic rings. The molecule has 94 valence electrons. The van der Waals surface area contributed by atoms with Crippen molar-refractivity contribution < 1.29 is 9.53 Å². The number of aromatic nitrogens is 1. The van der Waals surface area contributed by atoms with Gasteiger partial charge < -0.3 is 4.74 Å². The summed E-state index contributed by atoms with van der Waals surface area (Å²) in [4.78, 5) is 15.9. The Labute approximate surface area is 111 Å². The van der Waals surface area contributed by atoms with Gasteiger partial charge in [0.1, 0.15) is 11.4 Å². The molecule has 0 unspecified atom stereocenters. The van der Waals surface area contributed by atoms with Gasteiger partial charge in [0.25, 0.3) is 0 Å². The van der Waals surface area contributed by atoms with Crippen molar-refractivity contribution in [3.05, 3.63) is 65.5 Å². The van der Waals surface area contributed by atoms with Crippen LogP contribution in [0.5, 0.6) is 5.75 Å². The third-order valence-electron chi connectivity index (χ3n) is 3.06. The number of ketones is 1. The van der Waals surface area contributed by atoms with Crippen LogP contribution in [0.4, 0.5) is 0 Å². The van der Waals surface area contributed by atoms with Gasteiger partial charge >= 0.3 is 0 Å². The van der Waals surface area contributed by atoms with Crippen molar-refractivity contribution in [2.75, 3.05) is 6.61 Å². The molecule has 19 heavy (non-hydrogen) atoms. The summed E-state index contributed by atoms with van der Waals surface area (Å²) in [6.45, 7) is 0.745. The Morgan fingerprint density at radius 2 is 2.21 bits per heavy atom. The number of hydrogen-bond acceptors (Lipinski definition) is 3. The third kappa shape index (κ3) is 2.55. The van der Waals surface area contributed by atoms with E-state index >= 15 is 0 Å². The molecule has 0 saturated carbocycles. The molecule has 2 aromatic rings. The van der Waals surface area contributed by atoms with Gasteiger partial charge in [0.15, 0.2) is 0 Å². The molecule has 3 nitrogen and oxygen atoms in total. The molecule has 1 aromatic carbocycles. The minimum atomic E-state index is -0.0858. The van der Waals surface area contributed by atoms with Crippen LogP contribution in [-0.2, 0) is 6.42 Å². The zero-order valence-electron chi connectivity index (χ0n) is 10.4. The van der Waals surface area contributed by atoms with Crippen LogP contribution in [0.25, 0.3) is 6.08 Å². The van der Waals surface area contributed by atoms with E-state index in [1.165, 1.54) is 5.56 Å². The summed E-state index contributed by atoms with van der Waals surface area (Å²) in [7, 11) is 0. The van der Waals surface area contributed by atoms with Gasteiger partial charge in [-0.25, -0.2) is 0 Å². The fraction of sp³-hybridized carbons (Fsp3) is 0.125. The molecular weight excluding hydrogens is 238 g/mol. The minimum Gasteiger partial charge on any atom is -0.493 e. The molecule has 0 amide bonds. The molecule has 3 rings (SSSR count). The Hall–Kier alpha value is -2.42. The molecule has 0 atom stereocenters. The Kier molecular flexibility index (Phi) is 3.11. The summed E-state index contributed by atoms with van der Waals surface area (Å²) in [6.07, 6.45) is 5.93. The van der Waals surface area contributed by atoms with Crippen molar-refractivity contribution in [1.29, 1.82) is 0 Å². The summed E-state index contributed by atoms with van der Waals surface area (Å²) in [5, 5.41) is 0. The molecule has 0 fully saturated rings. The molecule has 0 bridgehead atoms. The van der Waals surface area contributed by atoms with E-state index in [2.05, 4.69) is 11.1 Å². The second kappa shape index (κ2) is 5.06. The third-order valence-corrected chi connectivity index (χ3v) is 3.06. The monoisotopic (exact) mass is 251 g/mol. The summed E-state index contributed by atoms with van der Waals surface area (Å²) >= 11 is 0. The molecule has 0 spiro atoms. The highest BCUT2D eigenvalue weighted by Crippen LogP contribution is 2.26. The van der Waals surface area contributed by atoms with Gasteiger partial charge in [-0.2, -0.15) is 0 Å². The van der Waals surface area contributed by atoms with Crippen LogP contribution in [-0.4, -0.2) is 17.4 Å². The lowest BCUT2D eigenvalue weighted by molar-refractivity contribution is 0.104. The van der Waals surface area contributed by atoms with Crippen LogP contribution in [0.2, 0.25) is 0 Å². The van der Waals surface area contributed by atoms with Crippen LogP contribution < -0.4 is 4.74 Å². The molecule has 1 aliphatic heterocycles. The average molecular weight is 251 g/mol. The van der Waals surface area contributed by atoms with Crippen LogP contribution >= 0.6 is 0 Å². The first kappa shape index (κ1) is 11.7. The maximum Gasteiger partial charge on any atom is 0.204 e. The van der Waals surface area contributed by atoms with E-state index in [1.54, 1.807) is 30.5 Å². The lowest BCUT2D eigenvalue weighted by Gasteiger charge is -1.99. The van der Waals surface area contributed by atoms with E-state index in [-0.39, 0.29) is 5.78 Å². The quantitative estimate of drug-likeness (QED) is 0.622. The highest BCUT2D eigenvalue weighted by molar-refractivity contribution is 6.05. The number of carbonyl (C=O) groups is 1. The second-order valence-corrected chi connectivity index (χ2v) is 4.38. The Morgan fingerprint density at radius 3 is 3.05 bits per heavy atom. The zero-order chi connectivity index (χ0) is 13.1. The van der Waals surface area contributed by atoms with Crippen molar-refractivity contribution in [2.24, 2.45) is 0 Å². The molecule has 0 N–H and O–H groups in total. The topological polar surface area (TPSA) is 39.2 Å². The van der Waals surface area contributed by atoms with Gasteiger partial charge in [-0.15, -0.1) is 0 Å². The van der Waals surface area contributed by atoms with Crippen LogP contribution in [0.15, 0.2) is 48.7 Å². The summed E-state index contributed by atoms with van der Waals surface area (Å²) in [5.41, 5.74) is 2.67. The molecule has 2 heterocycles. The second-order valence-electron chi connectivity index (χ2n) is 4.38. The zero-order valence-corrected chi connectivity index (χ0v) is 10.4. The summed E-state index contributed by atoms with van der Waals surface area (Å²) in [5.74, 6) is 0.866. The van der Waals surface area contributed by atoms with Crippen molar-refractivity contribution in [3.8, 4) is 5.75 Å². The lowest BCUT2D eigenvalue weighted by atomic mass is 10.1. The lowest BCUT2D eigenvalue weighted by Crippen LogP contribution is -1.96. The van der Waals surface area contributed by atoms with E-state index in [9.17, 15) is 4.79 Å². The van der Waals surface area contributed by atoms with Crippen molar-refractivity contribution in [2.45, 2.75) is 6.42 Å². The Balaban J connectivity index is 1.78. The molecule has 1 aromatic heterocycles. The Morgan fingerprint density at radius 1 is 1.26 bits per heavy atom. The number of ether oxygens (including phenoxy) is 1. The Bertz CT molecular complexity index is 632. The molecule has 3 heteroatoms. The number of pyridine rings is 1. The number of allylic oxidation sites excluding steroid dienone is 1. The van der Waals surface area contributed by atoms with E-state index < -0.39 is 0 Å². The highest BCUT2D eigenvalue weighted by Gasteiger charge is 2.11. The van der Waals surface area contributed by atoms with E-state index in [0.717, 1.165) is 24.3 Å². The predicted octanol–water partition coefficient (Wildman–Crippen LogP) is 2.91. The summed E-state index contributed by atoms with van der Waals surface area (Å²) in [6, 6.07) is 11.3. The molecule has 0 saturated heterocycles. The number of fused-ring (bicyclic) bond motifs is 1. The fourth-order valence-corrected chi connectivity index (χ4v) is 2.08. The van der Waals surface area contributed by atoms with Crippen LogP contribution in [0, 0.1) is 0 Å². The molecular formula is C16H13NO2. The first-order valence-corrected chi connectivity index (χ1v) is 6.22. The van der Waals surface area contributed by atoms with Gasteiger partial charge in [0.2, 0.25) is 5.78 Å². The van der Waals surface area contributed by atoms with Gasteiger partial charge in [0.05, 0.1) is 6.61 Å². The van der Waals surface area contributed by atoms with Crippen LogP contribution in [0.3, 0.4) is 0 Å². The maximum absolute atomic E-state index is 11.9. The number of nitrogens with zero attached hydrogens (tertiary/aromatic N) is 1. The van der Waals surface area contributed by atoms with Gasteiger partial charge in [-0.3, -0.25) is 9.78 Å². The summed E-state index contributed by atoms with van der Waals surface area (Å²) < 4.78 is 5.45. The average Bonchev–Trinajstić information content (AvgIpc) is 2.93. The van der Waals surface area contributed by atoms with E-state index in [0.29, 0.717) is 5.69 Å². The molecule has 0 radical (unpaired) electrons. The SMILES string of the molecule is O=C(C=Cc1ccc2c(c1)CCO2)c1ccccn1. The maximum atomic E-state index is 11.9. The predicted molar refractivity (Wildman–Crippen MR) is 73.2 cm³/mol. The standard InChI is InChI=1S/C16H13NO2/c18-15(14-3-1-2-9-17-14)6-4-12-5-7-16-13(11-12)8-10-19-16/h1-7,9,11H,8,10H2. The first-order valence-electron chi connectivity index (χ1n) is 6.22. The van der Waals surface area contributed by atoms with Crippen molar-refractivity contribution >= 4 is 11.9 Å². The van der Waals surface area contributed by atoms with Gasteiger partial charge in [0, 0.05) is 12.6 Å². The van der Waals surface area contributed by atoms with E-state index in [4.69, 9.17) is 4.74 Å². The van der Waals surface area contributed by atoms with E-state index in [1.807, 2.05) is 18.2 Å². The number of hydrogen-bond donors (Lipinski definition) is 0. The number of carbonyl (C=O) groups excluding carboxylic acids is 1. The largest absolute Gasteiger partial charge is 0.493 e. The van der Waals surface area contributed by atoms with Gasteiger partial charge in [-0.05, 0) is 41.5 Å². The van der Waals surface area contributed by atoms with Crippen molar-refractivity contribution in [1.82, 2.24) is 4.98 Å². The fourth-order valence-electron chi connectivity index (χ4n) is 2.08. The van der Waals surface area contributed by atoms with Gasteiger partial charge in [-0.1, -0.05) is 18.2 Å². The van der Waals surface area contributed by atoms with Crippen molar-refractivity contribution in [3.63, 3.8) is 0 Å². The number of benzene rings is 1. The van der Waals surface area contributed by atoms with Crippen LogP contribution in [0.1, 0.15) is 21.6 Å².